The summed E-state index contributed by atoms with van der Waals surface area (Å²) in [6.45, 7) is 4.57. The molecule has 0 spiro atoms. The third-order valence-corrected chi connectivity index (χ3v) is 3.77. The topological polar surface area (TPSA) is 58.1 Å². The molecule has 0 saturated carbocycles. The van der Waals surface area contributed by atoms with Gasteiger partial charge in [0.1, 0.15) is 17.3 Å². The third-order valence-electron chi connectivity index (χ3n) is 3.77. The van der Waals surface area contributed by atoms with Crippen molar-refractivity contribution < 1.29 is 18.0 Å². The van der Waals surface area contributed by atoms with Crippen molar-refractivity contribution >= 4 is 17.4 Å². The number of nitrogens with zero attached hydrogens (tertiary/aromatic N) is 3. The molecular weight excluding hydrogens is 345 g/mol. The van der Waals surface area contributed by atoms with E-state index in [0.717, 1.165) is 31.5 Å². The van der Waals surface area contributed by atoms with Crippen molar-refractivity contribution in [1.29, 1.82) is 0 Å². The van der Waals surface area contributed by atoms with Crippen LogP contribution in [0, 0.1) is 6.92 Å². The first kappa shape index (κ1) is 19.7. The van der Waals surface area contributed by atoms with Gasteiger partial charge in [0.25, 0.3) is 5.91 Å². The maximum atomic E-state index is 12.6. The zero-order valence-electron chi connectivity index (χ0n) is 14.9. The fourth-order valence-corrected chi connectivity index (χ4v) is 2.31. The normalized spacial score (nSPS) is 11.3. The van der Waals surface area contributed by atoms with Crippen LogP contribution in [0.3, 0.4) is 0 Å². The van der Waals surface area contributed by atoms with Crippen LogP contribution in [0.1, 0.15) is 41.6 Å². The van der Waals surface area contributed by atoms with E-state index in [2.05, 4.69) is 22.2 Å². The molecule has 1 N–H and O–H groups in total. The van der Waals surface area contributed by atoms with E-state index < -0.39 is 17.6 Å². The van der Waals surface area contributed by atoms with Crippen LogP contribution >= 0.6 is 0 Å². The van der Waals surface area contributed by atoms with Crippen molar-refractivity contribution in [1.82, 2.24) is 9.97 Å². The minimum absolute atomic E-state index is 0.163. The second kappa shape index (κ2) is 8.16. The number of aryl methyl sites for hydroxylation is 1. The van der Waals surface area contributed by atoms with Crippen molar-refractivity contribution in [3.8, 4) is 0 Å². The Bertz CT molecular complexity index is 760. The first-order valence-corrected chi connectivity index (χ1v) is 8.26. The molecule has 8 heteroatoms. The smallest absolute Gasteiger partial charge is 0.360 e. The molecule has 1 aromatic heterocycles. The van der Waals surface area contributed by atoms with E-state index in [-0.39, 0.29) is 11.4 Å². The van der Waals surface area contributed by atoms with Gasteiger partial charge in [0, 0.05) is 25.3 Å². The van der Waals surface area contributed by atoms with Crippen molar-refractivity contribution in [3.05, 3.63) is 47.4 Å². The average Bonchev–Trinajstić information content (AvgIpc) is 2.58. The predicted molar refractivity (Wildman–Crippen MR) is 94.3 cm³/mol. The molecular formula is C18H21F3N4O. The van der Waals surface area contributed by atoms with Gasteiger partial charge in [-0.3, -0.25) is 4.79 Å². The van der Waals surface area contributed by atoms with Crippen LogP contribution in [-0.2, 0) is 6.18 Å². The minimum Gasteiger partial charge on any atom is -0.360 e. The van der Waals surface area contributed by atoms with E-state index in [1.807, 2.05) is 11.9 Å². The van der Waals surface area contributed by atoms with Crippen LogP contribution in [0.4, 0.5) is 24.7 Å². The van der Waals surface area contributed by atoms with Gasteiger partial charge in [0.05, 0.1) is 5.56 Å². The molecule has 1 heterocycles. The highest BCUT2D eigenvalue weighted by Gasteiger charge is 2.30. The number of hydrogen-bond acceptors (Lipinski definition) is 4. The van der Waals surface area contributed by atoms with Gasteiger partial charge in [0.15, 0.2) is 0 Å². The van der Waals surface area contributed by atoms with Crippen molar-refractivity contribution in [3.63, 3.8) is 0 Å². The monoisotopic (exact) mass is 366 g/mol. The standard InChI is InChI=1S/C18H21F3N4O/c1-4-5-10-25(3)16-11-15(22-12(2)23-16)17(26)24-14-8-6-13(7-9-14)18(19,20)21/h6-9,11H,4-5,10H2,1-3H3,(H,24,26). The first-order chi connectivity index (χ1) is 12.2. The molecule has 0 atom stereocenters. The number of benzene rings is 1. The van der Waals surface area contributed by atoms with Gasteiger partial charge in [-0.1, -0.05) is 13.3 Å². The number of amides is 1. The van der Waals surface area contributed by atoms with Crippen molar-refractivity contribution in [2.45, 2.75) is 32.9 Å². The van der Waals surface area contributed by atoms with Crippen LogP contribution in [0.25, 0.3) is 0 Å². The van der Waals surface area contributed by atoms with E-state index in [0.29, 0.717) is 11.6 Å². The minimum atomic E-state index is -4.41. The number of hydrogen-bond donors (Lipinski definition) is 1. The molecule has 1 aromatic carbocycles. The lowest BCUT2D eigenvalue weighted by Crippen LogP contribution is -2.22. The molecule has 5 nitrogen and oxygen atoms in total. The van der Waals surface area contributed by atoms with E-state index in [1.165, 1.54) is 12.1 Å². The maximum absolute atomic E-state index is 12.6. The summed E-state index contributed by atoms with van der Waals surface area (Å²) in [4.78, 5) is 22.8. The highest BCUT2D eigenvalue weighted by molar-refractivity contribution is 6.03. The lowest BCUT2D eigenvalue weighted by atomic mass is 10.2. The largest absolute Gasteiger partial charge is 0.416 e. The lowest BCUT2D eigenvalue weighted by molar-refractivity contribution is -0.137. The summed E-state index contributed by atoms with van der Waals surface area (Å²) in [6.07, 6.45) is -2.38. The molecule has 0 aliphatic heterocycles. The molecule has 0 fully saturated rings. The Morgan fingerprint density at radius 3 is 2.42 bits per heavy atom. The molecule has 0 unspecified atom stereocenters. The molecule has 26 heavy (non-hydrogen) atoms. The molecule has 2 rings (SSSR count). The Balaban J connectivity index is 2.15. The van der Waals surface area contributed by atoms with E-state index in [1.54, 1.807) is 13.0 Å². The Kier molecular flexibility index (Phi) is 6.18. The van der Waals surface area contributed by atoms with Crippen LogP contribution in [0.15, 0.2) is 30.3 Å². The quantitative estimate of drug-likeness (QED) is 0.828. The molecule has 0 aliphatic carbocycles. The van der Waals surface area contributed by atoms with Crippen LogP contribution < -0.4 is 10.2 Å². The Morgan fingerprint density at radius 1 is 1.19 bits per heavy atom. The summed E-state index contributed by atoms with van der Waals surface area (Å²) >= 11 is 0. The summed E-state index contributed by atoms with van der Waals surface area (Å²) < 4.78 is 37.8. The predicted octanol–water partition coefficient (Wildman–Crippen LogP) is 4.29. The molecule has 0 radical (unpaired) electrons. The van der Waals surface area contributed by atoms with Crippen molar-refractivity contribution in [2.75, 3.05) is 23.8 Å². The average molecular weight is 366 g/mol. The molecule has 1 amide bonds. The number of unbranched alkanes of at least 4 members (excludes halogenated alkanes) is 1. The number of anilines is 2. The molecule has 0 aliphatic rings. The number of carbonyl (C=O) groups is 1. The third kappa shape index (κ3) is 5.18. The zero-order valence-corrected chi connectivity index (χ0v) is 14.9. The Morgan fingerprint density at radius 2 is 1.85 bits per heavy atom. The number of rotatable bonds is 6. The van der Waals surface area contributed by atoms with Gasteiger partial charge in [-0.15, -0.1) is 0 Å². The number of halogens is 3. The van der Waals surface area contributed by atoms with Gasteiger partial charge in [0.2, 0.25) is 0 Å². The van der Waals surface area contributed by atoms with Gasteiger partial charge in [-0.2, -0.15) is 13.2 Å². The SMILES string of the molecule is CCCCN(C)c1cc(C(=O)Nc2ccc(C(F)(F)F)cc2)nc(C)n1. The van der Waals surface area contributed by atoms with E-state index in [9.17, 15) is 18.0 Å². The summed E-state index contributed by atoms with van der Waals surface area (Å²) in [7, 11) is 1.88. The fourth-order valence-electron chi connectivity index (χ4n) is 2.31. The number of alkyl halides is 3. The van der Waals surface area contributed by atoms with E-state index >= 15 is 0 Å². The molecule has 2 aromatic rings. The second-order valence-corrected chi connectivity index (χ2v) is 5.96. The zero-order chi connectivity index (χ0) is 19.3. The Labute approximate surface area is 150 Å². The van der Waals surface area contributed by atoms with Crippen LogP contribution in [-0.4, -0.2) is 29.5 Å². The fraction of sp³-hybridized carbons (Fsp3) is 0.389. The summed E-state index contributed by atoms with van der Waals surface area (Å²) in [6, 6.07) is 5.84. The molecule has 140 valence electrons. The Hall–Kier alpha value is -2.64. The van der Waals surface area contributed by atoms with Gasteiger partial charge < -0.3 is 10.2 Å². The van der Waals surface area contributed by atoms with Gasteiger partial charge in [-0.25, -0.2) is 9.97 Å². The second-order valence-electron chi connectivity index (χ2n) is 5.96. The lowest BCUT2D eigenvalue weighted by Gasteiger charge is -2.18. The summed E-state index contributed by atoms with van der Waals surface area (Å²) in [5.74, 6) is 0.576. The molecule has 0 bridgehead atoms. The first-order valence-electron chi connectivity index (χ1n) is 8.26. The number of nitrogens with one attached hydrogen (secondary N) is 1. The van der Waals surface area contributed by atoms with Crippen LogP contribution in [0.2, 0.25) is 0 Å². The van der Waals surface area contributed by atoms with Gasteiger partial charge in [-0.05, 0) is 37.6 Å². The number of carbonyl (C=O) groups excluding carboxylic acids is 1. The highest BCUT2D eigenvalue weighted by atomic mass is 19.4. The number of aromatic nitrogens is 2. The summed E-state index contributed by atoms with van der Waals surface area (Å²) in [5.41, 5.74) is -0.343. The van der Waals surface area contributed by atoms with E-state index in [4.69, 9.17) is 0 Å². The summed E-state index contributed by atoms with van der Waals surface area (Å²) in [5, 5.41) is 2.56. The molecule has 0 saturated heterocycles. The maximum Gasteiger partial charge on any atom is 0.416 e. The highest BCUT2D eigenvalue weighted by Crippen LogP contribution is 2.29. The van der Waals surface area contributed by atoms with Gasteiger partial charge >= 0.3 is 6.18 Å². The van der Waals surface area contributed by atoms with Crippen LogP contribution in [0.5, 0.6) is 0 Å². The van der Waals surface area contributed by atoms with Crippen molar-refractivity contribution in [2.24, 2.45) is 0 Å².